The Kier molecular flexibility index (Phi) is 8.67. The molecule has 2 aromatic carbocycles. The maximum absolute atomic E-state index is 6.58. The summed E-state index contributed by atoms with van der Waals surface area (Å²) in [6.45, 7) is 14.8. The van der Waals surface area contributed by atoms with Crippen LogP contribution in [0.2, 0.25) is 0 Å². The van der Waals surface area contributed by atoms with Gasteiger partial charge in [0.05, 0.1) is 6.07 Å². The molecule has 0 bridgehead atoms. The molecule has 5 heteroatoms. The standard InChI is InChI=1S/C29H34ClN2O.ClH/c1-6-31(7-2)22-11-14-25-27(17-22)33-28-18-23(32(8-3)9-4)12-15-26(28)29(25)24-13-10-21(19-30)16-20(24)5;/h10-18H,6-9,19H2,1-5H3;1H/q+1;/p-1. The molecule has 2 aromatic rings. The van der Waals surface area contributed by atoms with Crippen molar-refractivity contribution in [2.45, 2.75) is 40.5 Å². The lowest BCUT2D eigenvalue weighted by atomic mass is 9.90. The first-order valence-corrected chi connectivity index (χ1v) is 12.6. The van der Waals surface area contributed by atoms with Gasteiger partial charge in [0.2, 0.25) is 5.36 Å². The van der Waals surface area contributed by atoms with Crippen LogP contribution in [0.25, 0.3) is 33.4 Å². The second-order valence-corrected chi connectivity index (χ2v) is 8.73. The molecular weight excluding hydrogens is 463 g/mol. The lowest BCUT2D eigenvalue weighted by molar-refractivity contribution is -0.00000728. The van der Waals surface area contributed by atoms with E-state index in [9.17, 15) is 0 Å². The van der Waals surface area contributed by atoms with Gasteiger partial charge in [-0.2, -0.15) is 0 Å². The van der Waals surface area contributed by atoms with Crippen molar-refractivity contribution in [3.63, 3.8) is 0 Å². The topological polar surface area (TPSA) is 19.4 Å². The van der Waals surface area contributed by atoms with E-state index in [0.717, 1.165) is 54.0 Å². The fourth-order valence-corrected chi connectivity index (χ4v) is 4.98. The molecule has 0 saturated heterocycles. The fraction of sp³-hybridized carbons (Fsp3) is 0.345. The van der Waals surface area contributed by atoms with Crippen molar-refractivity contribution in [3.8, 4) is 22.5 Å². The van der Waals surface area contributed by atoms with Gasteiger partial charge in [0.15, 0.2) is 0 Å². The van der Waals surface area contributed by atoms with Crippen LogP contribution in [0.15, 0.2) is 59.0 Å². The monoisotopic (exact) mass is 496 g/mol. The Hall–Kier alpha value is -2.49. The zero-order valence-electron chi connectivity index (χ0n) is 20.8. The highest BCUT2D eigenvalue weighted by atomic mass is 35.5. The van der Waals surface area contributed by atoms with Gasteiger partial charge in [0.25, 0.3) is 0 Å². The predicted molar refractivity (Wildman–Crippen MR) is 142 cm³/mol. The smallest absolute Gasteiger partial charge is 0.203 e. The molecule has 0 fully saturated rings. The second kappa shape index (κ2) is 11.3. The van der Waals surface area contributed by atoms with Crippen LogP contribution in [0, 0.1) is 6.92 Å². The minimum absolute atomic E-state index is 0. The van der Waals surface area contributed by atoms with E-state index < -0.39 is 0 Å². The summed E-state index contributed by atoms with van der Waals surface area (Å²) in [7, 11) is 0. The third kappa shape index (κ3) is 4.82. The Labute approximate surface area is 214 Å². The second-order valence-electron chi connectivity index (χ2n) is 8.47. The SMILES string of the molecule is CCN(CC)c1ccc2c(-c3ccc(CCl)cc3C)c3ccc(=[N+](CC)CC)cc-3oc2c1.[Cl-]. The highest BCUT2D eigenvalue weighted by molar-refractivity contribution is 6.17. The van der Waals surface area contributed by atoms with Gasteiger partial charge >= 0.3 is 0 Å². The van der Waals surface area contributed by atoms with Crippen molar-refractivity contribution in [2.75, 3.05) is 31.1 Å². The Morgan fingerprint density at radius 2 is 1.56 bits per heavy atom. The molecule has 0 atom stereocenters. The van der Waals surface area contributed by atoms with E-state index in [1.165, 1.54) is 27.7 Å². The maximum atomic E-state index is 6.58. The number of hydrogen-bond donors (Lipinski definition) is 0. The first-order valence-electron chi connectivity index (χ1n) is 12.0. The molecule has 0 aromatic heterocycles. The van der Waals surface area contributed by atoms with Gasteiger partial charge in [-0.15, -0.1) is 11.6 Å². The van der Waals surface area contributed by atoms with Crippen LogP contribution in [0.4, 0.5) is 5.69 Å². The Morgan fingerprint density at radius 3 is 2.18 bits per heavy atom. The summed E-state index contributed by atoms with van der Waals surface area (Å²) >= 11 is 6.11. The minimum atomic E-state index is 0. The number of aryl methyl sites for hydroxylation is 1. The molecular formula is C29H34Cl2N2O. The molecule has 1 aliphatic heterocycles. The fourth-order valence-electron chi connectivity index (χ4n) is 4.82. The number of alkyl halides is 1. The highest BCUT2D eigenvalue weighted by Gasteiger charge is 2.20. The van der Waals surface area contributed by atoms with Gasteiger partial charge in [0, 0.05) is 53.3 Å². The molecule has 0 N–H and O–H groups in total. The maximum Gasteiger partial charge on any atom is 0.203 e. The number of rotatable bonds is 7. The zero-order valence-corrected chi connectivity index (χ0v) is 22.3. The lowest BCUT2D eigenvalue weighted by Crippen LogP contribution is -3.00. The molecule has 2 aliphatic rings. The molecule has 4 rings (SSSR count). The molecule has 0 spiro atoms. The van der Waals surface area contributed by atoms with E-state index in [0.29, 0.717) is 5.88 Å². The molecule has 3 nitrogen and oxygen atoms in total. The normalized spacial score (nSPS) is 11.0. The molecule has 180 valence electrons. The molecule has 0 unspecified atom stereocenters. The van der Waals surface area contributed by atoms with Crippen LogP contribution in [-0.2, 0) is 5.88 Å². The van der Waals surface area contributed by atoms with Crippen LogP contribution < -0.4 is 27.2 Å². The molecule has 1 heterocycles. The van der Waals surface area contributed by atoms with E-state index >= 15 is 0 Å². The van der Waals surface area contributed by atoms with Gasteiger partial charge in [-0.25, -0.2) is 4.58 Å². The summed E-state index contributed by atoms with van der Waals surface area (Å²) in [6.07, 6.45) is 0. The van der Waals surface area contributed by atoms with Gasteiger partial charge in [-0.3, -0.25) is 0 Å². The van der Waals surface area contributed by atoms with E-state index in [1.807, 2.05) is 0 Å². The Bertz CT molecular complexity index is 1320. The molecule has 34 heavy (non-hydrogen) atoms. The third-order valence-corrected chi connectivity index (χ3v) is 6.97. The van der Waals surface area contributed by atoms with Gasteiger partial charge in [-0.05, 0) is 69.5 Å². The summed E-state index contributed by atoms with van der Waals surface area (Å²) in [5, 5.41) is 2.33. The number of fused-ring (bicyclic) bond motifs is 2. The average Bonchev–Trinajstić information content (AvgIpc) is 2.84. The Morgan fingerprint density at radius 1 is 0.853 bits per heavy atom. The van der Waals surface area contributed by atoms with Gasteiger partial charge in [-0.1, -0.05) is 18.2 Å². The third-order valence-electron chi connectivity index (χ3n) is 6.66. The van der Waals surface area contributed by atoms with Crippen molar-refractivity contribution in [1.29, 1.82) is 0 Å². The van der Waals surface area contributed by atoms with Gasteiger partial charge < -0.3 is 21.7 Å². The first kappa shape index (κ1) is 26.1. The van der Waals surface area contributed by atoms with Crippen LogP contribution in [0.3, 0.4) is 0 Å². The molecule has 0 saturated carbocycles. The molecule has 0 amide bonds. The van der Waals surface area contributed by atoms with Crippen molar-refractivity contribution in [1.82, 2.24) is 4.58 Å². The van der Waals surface area contributed by atoms with Crippen molar-refractivity contribution in [2.24, 2.45) is 0 Å². The van der Waals surface area contributed by atoms with Gasteiger partial charge in [0.1, 0.15) is 24.4 Å². The number of halogens is 2. The predicted octanol–water partition coefficient (Wildman–Crippen LogP) is 3.91. The van der Waals surface area contributed by atoms with Crippen molar-refractivity contribution < 1.29 is 16.8 Å². The number of anilines is 1. The van der Waals surface area contributed by atoms with Crippen LogP contribution >= 0.6 is 11.6 Å². The first-order chi connectivity index (χ1) is 16.0. The lowest BCUT2D eigenvalue weighted by Gasteiger charge is -2.22. The summed E-state index contributed by atoms with van der Waals surface area (Å²) in [5.41, 5.74) is 8.05. The summed E-state index contributed by atoms with van der Waals surface area (Å²) in [6, 6.07) is 19.8. The summed E-state index contributed by atoms with van der Waals surface area (Å²) < 4.78 is 8.93. The largest absolute Gasteiger partial charge is 1.00 e. The van der Waals surface area contributed by atoms with Crippen molar-refractivity contribution >= 4 is 28.3 Å². The highest BCUT2D eigenvalue weighted by Crippen LogP contribution is 2.42. The van der Waals surface area contributed by atoms with Crippen molar-refractivity contribution in [3.05, 3.63) is 71.1 Å². The van der Waals surface area contributed by atoms with Crippen LogP contribution in [0.5, 0.6) is 0 Å². The number of benzene rings is 3. The molecule has 0 radical (unpaired) electrons. The summed E-state index contributed by atoms with van der Waals surface area (Å²) in [5.74, 6) is 1.44. The summed E-state index contributed by atoms with van der Waals surface area (Å²) in [4.78, 5) is 2.35. The van der Waals surface area contributed by atoms with E-state index in [-0.39, 0.29) is 12.4 Å². The van der Waals surface area contributed by atoms with E-state index in [1.54, 1.807) is 0 Å². The van der Waals surface area contributed by atoms with E-state index in [2.05, 4.69) is 98.7 Å². The zero-order chi connectivity index (χ0) is 23.5. The van der Waals surface area contributed by atoms with Crippen LogP contribution in [0.1, 0.15) is 38.8 Å². The average molecular weight is 498 g/mol. The molecule has 1 aliphatic carbocycles. The number of hydrogen-bond acceptors (Lipinski definition) is 2. The van der Waals surface area contributed by atoms with Crippen LogP contribution in [-0.4, -0.2) is 26.2 Å². The minimum Gasteiger partial charge on any atom is -1.00 e. The number of nitrogens with zero attached hydrogens (tertiary/aromatic N) is 2. The quantitative estimate of drug-likeness (QED) is 0.219. The Balaban J connectivity index is 0.00000324. The van der Waals surface area contributed by atoms with E-state index in [4.69, 9.17) is 16.0 Å².